The molecule has 1 N–H and O–H groups in total. The fourth-order valence-corrected chi connectivity index (χ4v) is 2.80. The smallest absolute Gasteiger partial charge is 0.356 e. The Bertz CT molecular complexity index is 739. The molecule has 1 aromatic heterocycles. The molecule has 3 rings (SSSR count). The van der Waals surface area contributed by atoms with E-state index in [0.717, 1.165) is 11.4 Å². The lowest BCUT2D eigenvalue weighted by Gasteiger charge is -2.27. The van der Waals surface area contributed by atoms with Crippen LogP contribution in [0.5, 0.6) is 0 Å². The number of para-hydroxylation sites is 1. The van der Waals surface area contributed by atoms with Crippen molar-refractivity contribution in [2.75, 3.05) is 20.3 Å². The minimum absolute atomic E-state index is 0.00114. The summed E-state index contributed by atoms with van der Waals surface area (Å²) in [6, 6.07) is 9.40. The van der Waals surface area contributed by atoms with Crippen LogP contribution in [-0.2, 0) is 22.5 Å². The van der Waals surface area contributed by atoms with Gasteiger partial charge in [0.15, 0.2) is 5.69 Å². The number of amides is 1. The second-order valence-electron chi connectivity index (χ2n) is 5.32. The highest BCUT2D eigenvalue weighted by molar-refractivity contribution is 5.88. The third-order valence-electron chi connectivity index (χ3n) is 3.88. The van der Waals surface area contributed by atoms with Gasteiger partial charge in [0.1, 0.15) is 6.61 Å². The van der Waals surface area contributed by atoms with E-state index < -0.39 is 5.97 Å². The summed E-state index contributed by atoms with van der Waals surface area (Å²) in [5.41, 5.74) is 2.25. The number of nitrogens with zero attached hydrogens (tertiary/aromatic N) is 3. The molecular weight excluding hydrogens is 298 g/mol. The highest BCUT2D eigenvalue weighted by Gasteiger charge is 2.30. The predicted octanol–water partition coefficient (Wildman–Crippen LogP) is 1.10. The van der Waals surface area contributed by atoms with E-state index in [-0.39, 0.29) is 24.8 Å². The van der Waals surface area contributed by atoms with Crippen molar-refractivity contribution in [3.8, 4) is 5.69 Å². The molecule has 2 heterocycles. The molecule has 0 radical (unpaired) electrons. The summed E-state index contributed by atoms with van der Waals surface area (Å²) in [6.07, 6.45) is 0.556. The Morgan fingerprint density at radius 1 is 1.30 bits per heavy atom. The first-order chi connectivity index (χ1) is 11.1. The first-order valence-electron chi connectivity index (χ1n) is 7.28. The Morgan fingerprint density at radius 3 is 2.70 bits per heavy atom. The molecule has 0 bridgehead atoms. The van der Waals surface area contributed by atoms with Gasteiger partial charge >= 0.3 is 5.97 Å². The number of rotatable bonds is 4. The van der Waals surface area contributed by atoms with Crippen LogP contribution in [0.25, 0.3) is 5.69 Å². The molecule has 23 heavy (non-hydrogen) atoms. The van der Waals surface area contributed by atoms with Gasteiger partial charge in [-0.05, 0) is 12.1 Å². The molecule has 1 amide bonds. The number of fused-ring (bicyclic) bond motifs is 1. The largest absolute Gasteiger partial charge is 0.476 e. The molecule has 0 fully saturated rings. The van der Waals surface area contributed by atoms with Crippen LogP contribution in [0.2, 0.25) is 0 Å². The van der Waals surface area contributed by atoms with Crippen molar-refractivity contribution in [2.45, 2.75) is 13.0 Å². The second kappa shape index (κ2) is 6.21. The number of carboxylic acids is 1. The summed E-state index contributed by atoms with van der Waals surface area (Å²) in [5.74, 6) is -1.24. The number of aromatic carboxylic acids is 1. The summed E-state index contributed by atoms with van der Waals surface area (Å²) in [7, 11) is 1.46. The first-order valence-corrected chi connectivity index (χ1v) is 7.28. The molecule has 7 nitrogen and oxygen atoms in total. The third kappa shape index (κ3) is 2.83. The number of aromatic nitrogens is 2. The molecule has 1 aliphatic rings. The van der Waals surface area contributed by atoms with Crippen LogP contribution in [-0.4, -0.2) is 51.9 Å². The van der Waals surface area contributed by atoms with Crippen LogP contribution in [0, 0.1) is 0 Å². The minimum Gasteiger partial charge on any atom is -0.476 e. The maximum atomic E-state index is 12.0. The lowest BCUT2D eigenvalue weighted by atomic mass is 10.0. The summed E-state index contributed by atoms with van der Waals surface area (Å²) in [4.78, 5) is 25.1. The minimum atomic E-state index is -1.09. The number of carboxylic acid groups (broad SMARTS) is 1. The number of hydrogen-bond acceptors (Lipinski definition) is 4. The quantitative estimate of drug-likeness (QED) is 0.913. The highest BCUT2D eigenvalue weighted by Crippen LogP contribution is 2.25. The number of hydrogen-bond donors (Lipinski definition) is 1. The number of benzene rings is 1. The lowest BCUT2D eigenvalue weighted by molar-refractivity contribution is -0.136. The molecule has 120 valence electrons. The molecule has 0 atom stereocenters. The van der Waals surface area contributed by atoms with Gasteiger partial charge in [-0.15, -0.1) is 0 Å². The molecule has 0 unspecified atom stereocenters. The van der Waals surface area contributed by atoms with Gasteiger partial charge in [-0.2, -0.15) is 5.10 Å². The van der Waals surface area contributed by atoms with E-state index >= 15 is 0 Å². The Morgan fingerprint density at radius 2 is 2.04 bits per heavy atom. The van der Waals surface area contributed by atoms with Crippen LogP contribution >= 0.6 is 0 Å². The predicted molar refractivity (Wildman–Crippen MR) is 81.5 cm³/mol. The molecule has 7 heteroatoms. The number of carbonyl (C=O) groups excluding carboxylic acids is 1. The van der Waals surface area contributed by atoms with E-state index in [4.69, 9.17) is 4.74 Å². The molecular formula is C16H17N3O4. The van der Waals surface area contributed by atoms with Gasteiger partial charge in [0.2, 0.25) is 5.91 Å². The normalized spacial score (nSPS) is 13.7. The van der Waals surface area contributed by atoms with Crippen molar-refractivity contribution >= 4 is 11.9 Å². The molecule has 0 spiro atoms. The van der Waals surface area contributed by atoms with E-state index in [1.807, 2.05) is 30.3 Å². The van der Waals surface area contributed by atoms with Crippen LogP contribution < -0.4 is 0 Å². The van der Waals surface area contributed by atoms with Gasteiger partial charge in [0.05, 0.1) is 11.4 Å². The summed E-state index contributed by atoms with van der Waals surface area (Å²) >= 11 is 0. The van der Waals surface area contributed by atoms with E-state index in [9.17, 15) is 14.7 Å². The van der Waals surface area contributed by atoms with Crippen LogP contribution in [0.1, 0.15) is 21.7 Å². The third-order valence-corrected chi connectivity index (χ3v) is 3.88. The molecule has 1 aliphatic heterocycles. The van der Waals surface area contributed by atoms with Crippen LogP contribution in [0.4, 0.5) is 0 Å². The SMILES string of the molecule is COCC(=O)N1CCc2c(c(C(=O)O)nn2-c2ccccc2)C1. The van der Waals surface area contributed by atoms with Gasteiger partial charge in [0.25, 0.3) is 0 Å². The van der Waals surface area contributed by atoms with Gasteiger partial charge in [-0.1, -0.05) is 18.2 Å². The first kappa shape index (κ1) is 15.2. The zero-order valence-electron chi connectivity index (χ0n) is 12.7. The van der Waals surface area contributed by atoms with Crippen LogP contribution in [0.15, 0.2) is 30.3 Å². The fraction of sp³-hybridized carbons (Fsp3) is 0.312. The zero-order valence-corrected chi connectivity index (χ0v) is 12.7. The number of ether oxygens (including phenoxy) is 1. The standard InChI is InChI=1S/C16H17N3O4/c1-23-10-14(20)18-8-7-13-12(9-18)15(16(21)22)17-19(13)11-5-3-2-4-6-11/h2-6H,7-10H2,1H3,(H,21,22). The Kier molecular flexibility index (Phi) is 4.12. The molecule has 0 saturated heterocycles. The van der Waals surface area contributed by atoms with Crippen molar-refractivity contribution in [3.63, 3.8) is 0 Å². The van der Waals surface area contributed by atoms with Crippen LogP contribution in [0.3, 0.4) is 0 Å². The van der Waals surface area contributed by atoms with Crippen molar-refractivity contribution in [3.05, 3.63) is 47.3 Å². The topological polar surface area (TPSA) is 84.7 Å². The number of methoxy groups -OCH3 is 1. The average Bonchev–Trinajstić information content (AvgIpc) is 2.95. The Balaban J connectivity index is 2.01. The Hall–Kier alpha value is -2.67. The summed E-state index contributed by atoms with van der Waals surface area (Å²) in [5, 5.41) is 13.7. The van der Waals surface area contributed by atoms with Crippen molar-refractivity contribution in [1.82, 2.24) is 14.7 Å². The van der Waals surface area contributed by atoms with Crippen molar-refractivity contribution in [1.29, 1.82) is 0 Å². The van der Waals surface area contributed by atoms with E-state index in [2.05, 4.69) is 5.10 Å². The van der Waals surface area contributed by atoms with E-state index in [1.54, 1.807) is 9.58 Å². The van der Waals surface area contributed by atoms with Crippen molar-refractivity contribution < 1.29 is 19.4 Å². The average molecular weight is 315 g/mol. The zero-order chi connectivity index (χ0) is 16.4. The monoisotopic (exact) mass is 315 g/mol. The van der Waals surface area contributed by atoms with E-state index in [1.165, 1.54) is 7.11 Å². The number of carbonyl (C=O) groups is 2. The lowest BCUT2D eigenvalue weighted by Crippen LogP contribution is -2.38. The second-order valence-corrected chi connectivity index (χ2v) is 5.32. The van der Waals surface area contributed by atoms with Gasteiger partial charge in [-0.3, -0.25) is 4.79 Å². The van der Waals surface area contributed by atoms with E-state index in [0.29, 0.717) is 18.5 Å². The van der Waals surface area contributed by atoms with Gasteiger partial charge in [-0.25, -0.2) is 9.48 Å². The highest BCUT2D eigenvalue weighted by atomic mass is 16.5. The maximum Gasteiger partial charge on any atom is 0.356 e. The molecule has 2 aromatic rings. The summed E-state index contributed by atoms with van der Waals surface area (Å²) < 4.78 is 6.53. The fourth-order valence-electron chi connectivity index (χ4n) is 2.80. The van der Waals surface area contributed by atoms with Gasteiger partial charge in [0, 0.05) is 32.2 Å². The molecule has 1 aromatic carbocycles. The van der Waals surface area contributed by atoms with Crippen molar-refractivity contribution in [2.24, 2.45) is 0 Å². The Labute approximate surface area is 133 Å². The molecule has 0 aliphatic carbocycles. The summed E-state index contributed by atoms with van der Waals surface area (Å²) in [6.45, 7) is 0.753. The van der Waals surface area contributed by atoms with Gasteiger partial charge < -0.3 is 14.7 Å². The maximum absolute atomic E-state index is 12.0. The molecule has 0 saturated carbocycles.